The van der Waals surface area contributed by atoms with E-state index < -0.39 is 0 Å². The normalized spacial score (nSPS) is 11.4. The monoisotopic (exact) mass is 696 g/mol. The predicted octanol–water partition coefficient (Wildman–Crippen LogP) is 11.6. The lowest BCUT2D eigenvalue weighted by molar-refractivity contribution is 1.07. The molecule has 0 amide bonds. The second-order valence-electron chi connectivity index (χ2n) is 12.8. The van der Waals surface area contributed by atoms with E-state index in [9.17, 15) is 0 Å². The summed E-state index contributed by atoms with van der Waals surface area (Å²) in [6, 6.07) is 55.9. The van der Waals surface area contributed by atoms with Crippen molar-refractivity contribution in [2.24, 2.45) is 0 Å². The number of pyridine rings is 1. The quantitative estimate of drug-likeness (QED) is 0.172. The minimum absolute atomic E-state index is 0.593. The molecule has 0 aliphatic rings. The number of nitrogens with zero attached hydrogens (tertiary/aromatic N) is 6. The van der Waals surface area contributed by atoms with Gasteiger partial charge in [-0.15, -0.1) is 11.3 Å². The van der Waals surface area contributed by atoms with Crippen LogP contribution < -0.4 is 0 Å². The Morgan fingerprint density at radius 3 is 1.49 bits per heavy atom. The van der Waals surface area contributed by atoms with Crippen molar-refractivity contribution in [3.63, 3.8) is 0 Å². The molecule has 10 rings (SSSR count). The standard InChI is InChI=1S/C46H28N6S/c1-3-10-29(11-4-1)31-17-20-34(21-18-31)44-50-43(32-13-5-2-6-14-32)51-45(52-44)35-24-22-33(23-25-35)42-48-39(37-26-19-30-12-7-8-15-36(30)28-37)41-40(49-42)38-16-9-27-47-46(38)53-41/h1-28H. The highest BCUT2D eigenvalue weighted by atomic mass is 32.1. The summed E-state index contributed by atoms with van der Waals surface area (Å²) in [6.45, 7) is 0. The fraction of sp³-hybridized carbons (Fsp3) is 0. The Bertz CT molecular complexity index is 2930. The molecule has 0 unspecified atom stereocenters. The average Bonchev–Trinajstić information content (AvgIpc) is 3.62. The first-order valence-corrected chi connectivity index (χ1v) is 18.2. The van der Waals surface area contributed by atoms with Gasteiger partial charge in [0.15, 0.2) is 23.3 Å². The van der Waals surface area contributed by atoms with Gasteiger partial charge in [0.1, 0.15) is 4.83 Å². The molecule has 10 aromatic rings. The Labute approximate surface area is 309 Å². The van der Waals surface area contributed by atoms with Crippen LogP contribution in [0.3, 0.4) is 0 Å². The number of hydrogen-bond donors (Lipinski definition) is 0. The van der Waals surface area contributed by atoms with Gasteiger partial charge in [-0.1, -0.05) is 146 Å². The average molecular weight is 697 g/mol. The Hall–Kier alpha value is -6.96. The van der Waals surface area contributed by atoms with E-state index in [-0.39, 0.29) is 0 Å². The lowest BCUT2D eigenvalue weighted by Crippen LogP contribution is -2.00. The van der Waals surface area contributed by atoms with Crippen LogP contribution in [0.5, 0.6) is 0 Å². The molecule has 0 fully saturated rings. The van der Waals surface area contributed by atoms with E-state index in [0.29, 0.717) is 23.3 Å². The van der Waals surface area contributed by atoms with Crippen LogP contribution in [0.2, 0.25) is 0 Å². The summed E-state index contributed by atoms with van der Waals surface area (Å²) in [5.41, 5.74) is 8.77. The van der Waals surface area contributed by atoms with E-state index in [1.165, 1.54) is 10.8 Å². The first-order chi connectivity index (χ1) is 26.2. The summed E-state index contributed by atoms with van der Waals surface area (Å²) in [4.78, 5) is 30.8. The van der Waals surface area contributed by atoms with E-state index >= 15 is 0 Å². The molecule has 0 aliphatic carbocycles. The minimum atomic E-state index is 0.593. The van der Waals surface area contributed by atoms with Gasteiger partial charge in [0, 0.05) is 39.4 Å². The summed E-state index contributed by atoms with van der Waals surface area (Å²) < 4.78 is 1.03. The van der Waals surface area contributed by atoms with Crippen molar-refractivity contribution >= 4 is 42.5 Å². The van der Waals surface area contributed by atoms with Crippen LogP contribution >= 0.6 is 11.3 Å². The highest BCUT2D eigenvalue weighted by molar-refractivity contribution is 7.25. The van der Waals surface area contributed by atoms with Crippen LogP contribution in [0.25, 0.3) is 99.1 Å². The van der Waals surface area contributed by atoms with Crippen molar-refractivity contribution in [2.75, 3.05) is 0 Å². The molecule has 0 bridgehead atoms. The molecule has 4 aromatic heterocycles. The van der Waals surface area contributed by atoms with Crippen molar-refractivity contribution in [3.8, 4) is 67.9 Å². The fourth-order valence-corrected chi connectivity index (χ4v) is 7.80. The first-order valence-electron chi connectivity index (χ1n) is 17.4. The van der Waals surface area contributed by atoms with Crippen molar-refractivity contribution in [2.45, 2.75) is 0 Å². The van der Waals surface area contributed by atoms with Crippen molar-refractivity contribution < 1.29 is 0 Å². The summed E-state index contributed by atoms with van der Waals surface area (Å²) in [5, 5.41) is 3.38. The van der Waals surface area contributed by atoms with Gasteiger partial charge >= 0.3 is 0 Å². The van der Waals surface area contributed by atoms with Crippen molar-refractivity contribution in [1.29, 1.82) is 0 Å². The molecule has 0 spiro atoms. The molecule has 0 aliphatic heterocycles. The molecular formula is C46H28N6S. The highest BCUT2D eigenvalue weighted by Crippen LogP contribution is 2.39. The third-order valence-electron chi connectivity index (χ3n) is 9.43. The van der Waals surface area contributed by atoms with Crippen LogP contribution in [0, 0.1) is 0 Å². The molecule has 7 heteroatoms. The van der Waals surface area contributed by atoms with Crippen LogP contribution in [-0.4, -0.2) is 29.9 Å². The molecule has 0 saturated carbocycles. The maximum atomic E-state index is 5.21. The van der Waals surface area contributed by atoms with Gasteiger partial charge in [0.2, 0.25) is 0 Å². The molecular weight excluding hydrogens is 669 g/mol. The topological polar surface area (TPSA) is 77.3 Å². The third kappa shape index (κ3) is 5.79. The van der Waals surface area contributed by atoms with Crippen molar-refractivity contribution in [3.05, 3.63) is 170 Å². The zero-order valence-electron chi connectivity index (χ0n) is 28.3. The molecule has 0 saturated heterocycles. The number of benzene rings is 6. The maximum Gasteiger partial charge on any atom is 0.164 e. The van der Waals surface area contributed by atoms with Gasteiger partial charge in [-0.05, 0) is 40.1 Å². The van der Waals surface area contributed by atoms with E-state index in [2.05, 4.69) is 102 Å². The van der Waals surface area contributed by atoms with E-state index in [4.69, 9.17) is 24.9 Å². The van der Waals surface area contributed by atoms with Gasteiger partial charge in [0.05, 0.1) is 15.9 Å². The van der Waals surface area contributed by atoms with Gasteiger partial charge in [-0.25, -0.2) is 29.9 Å². The molecule has 4 heterocycles. The Kier molecular flexibility index (Phi) is 7.55. The van der Waals surface area contributed by atoms with Crippen LogP contribution in [0.1, 0.15) is 0 Å². The number of thiophene rings is 1. The molecule has 0 N–H and O–H groups in total. The van der Waals surface area contributed by atoms with E-state index in [0.717, 1.165) is 65.1 Å². The summed E-state index contributed by atoms with van der Waals surface area (Å²) in [5.74, 6) is 2.48. The van der Waals surface area contributed by atoms with Gasteiger partial charge < -0.3 is 0 Å². The van der Waals surface area contributed by atoms with Crippen LogP contribution in [-0.2, 0) is 0 Å². The highest BCUT2D eigenvalue weighted by Gasteiger charge is 2.18. The Balaban J connectivity index is 1.07. The Morgan fingerprint density at radius 1 is 0.358 bits per heavy atom. The summed E-state index contributed by atoms with van der Waals surface area (Å²) >= 11 is 1.63. The zero-order chi connectivity index (χ0) is 35.1. The lowest BCUT2D eigenvalue weighted by Gasteiger charge is -2.10. The van der Waals surface area contributed by atoms with E-state index in [1.807, 2.05) is 72.9 Å². The molecule has 0 atom stereocenters. The minimum Gasteiger partial charge on any atom is -0.245 e. The zero-order valence-corrected chi connectivity index (χ0v) is 29.1. The van der Waals surface area contributed by atoms with Gasteiger partial charge in [-0.2, -0.15) is 0 Å². The second kappa shape index (κ2) is 13.0. The lowest BCUT2D eigenvalue weighted by atomic mass is 10.0. The molecule has 0 radical (unpaired) electrons. The van der Waals surface area contributed by atoms with Gasteiger partial charge in [-0.3, -0.25) is 0 Å². The van der Waals surface area contributed by atoms with Crippen LogP contribution in [0.4, 0.5) is 0 Å². The smallest absolute Gasteiger partial charge is 0.164 e. The maximum absolute atomic E-state index is 5.21. The Morgan fingerprint density at radius 2 is 0.849 bits per heavy atom. The number of hydrogen-bond acceptors (Lipinski definition) is 7. The number of rotatable bonds is 6. The third-order valence-corrected chi connectivity index (χ3v) is 10.5. The van der Waals surface area contributed by atoms with Crippen LogP contribution in [0.15, 0.2) is 170 Å². The molecule has 248 valence electrons. The van der Waals surface area contributed by atoms with E-state index in [1.54, 1.807) is 11.3 Å². The molecule has 53 heavy (non-hydrogen) atoms. The molecule has 6 nitrogen and oxygen atoms in total. The fourth-order valence-electron chi connectivity index (χ4n) is 6.70. The largest absolute Gasteiger partial charge is 0.245 e. The predicted molar refractivity (Wildman–Crippen MR) is 216 cm³/mol. The summed E-state index contributed by atoms with van der Waals surface area (Å²) in [7, 11) is 0. The van der Waals surface area contributed by atoms with Gasteiger partial charge in [0.25, 0.3) is 0 Å². The number of aromatic nitrogens is 6. The number of fused-ring (bicyclic) bond motifs is 4. The summed E-state index contributed by atoms with van der Waals surface area (Å²) in [6.07, 6.45) is 1.83. The first kappa shape index (κ1) is 30.8. The second-order valence-corrected chi connectivity index (χ2v) is 13.8. The molecule has 6 aromatic carbocycles. The SMILES string of the molecule is c1ccc(-c2ccc(-c3nc(-c4ccccc4)nc(-c4ccc(-c5nc(-c6ccc7ccccc7c6)c6sc7ncccc7c6n5)cc4)n3)cc2)cc1. The van der Waals surface area contributed by atoms with Crippen molar-refractivity contribution in [1.82, 2.24) is 29.9 Å².